The van der Waals surface area contributed by atoms with Gasteiger partial charge in [-0.25, -0.2) is 0 Å². The smallest absolute Gasteiger partial charge is 0.168 e. The fraction of sp³-hybridized carbons (Fsp3) is 0.292. The predicted octanol–water partition coefficient (Wildman–Crippen LogP) is 6.73. The van der Waals surface area contributed by atoms with E-state index in [1.165, 1.54) is 33.1 Å². The summed E-state index contributed by atoms with van der Waals surface area (Å²) >= 11 is 0. The van der Waals surface area contributed by atoms with Crippen LogP contribution >= 0.6 is 8.58 Å². The molecule has 140 valence electrons. The first kappa shape index (κ1) is 21.4. The lowest BCUT2D eigenvalue weighted by molar-refractivity contribution is 1.23. The Labute approximate surface area is 167 Å². The van der Waals surface area contributed by atoms with E-state index in [1.807, 2.05) is 18.5 Å². The summed E-state index contributed by atoms with van der Waals surface area (Å²) in [6.45, 7) is 15.6. The number of benzene rings is 1. The van der Waals surface area contributed by atoms with Gasteiger partial charge in [-0.1, -0.05) is 63.5 Å². The van der Waals surface area contributed by atoms with Gasteiger partial charge in [0.05, 0.1) is 0 Å². The predicted molar refractivity (Wildman–Crippen MR) is 124 cm³/mol. The van der Waals surface area contributed by atoms with Crippen LogP contribution in [0.3, 0.4) is 0 Å². The second kappa shape index (κ2) is 10.4. The highest BCUT2D eigenvalue weighted by molar-refractivity contribution is 7.42. The third-order valence-electron chi connectivity index (χ3n) is 4.80. The van der Waals surface area contributed by atoms with Crippen LogP contribution in [0.5, 0.6) is 0 Å². The number of allylic oxidation sites excluding steroid dienone is 4. The van der Waals surface area contributed by atoms with Crippen molar-refractivity contribution in [1.29, 1.82) is 0 Å². The Hall–Kier alpha value is -1.92. The van der Waals surface area contributed by atoms with Crippen molar-refractivity contribution in [3.8, 4) is 0 Å². The van der Waals surface area contributed by atoms with E-state index >= 15 is 0 Å². The van der Waals surface area contributed by atoms with Gasteiger partial charge in [-0.3, -0.25) is 4.98 Å². The van der Waals surface area contributed by atoms with E-state index < -0.39 is 0 Å². The molecule has 1 unspecified atom stereocenters. The Balaban J connectivity index is 2.19. The Morgan fingerprint density at radius 2 is 1.96 bits per heavy atom. The normalized spacial score (nSPS) is 12.6. The fourth-order valence-electron chi connectivity index (χ4n) is 3.20. The van der Waals surface area contributed by atoms with Crippen molar-refractivity contribution in [2.24, 2.45) is 0 Å². The number of aryl methyl sites for hydroxylation is 1. The molecule has 0 spiro atoms. The molecule has 1 aromatic heterocycles. The van der Waals surface area contributed by atoms with Crippen LogP contribution in [0.25, 0.3) is 0 Å². The summed E-state index contributed by atoms with van der Waals surface area (Å²) in [6.07, 6.45) is 8.13. The number of rotatable bonds is 8. The van der Waals surface area contributed by atoms with Gasteiger partial charge in [-0.2, -0.15) is 0 Å². The molecule has 1 nitrogen and oxygen atoms in total. The first-order chi connectivity index (χ1) is 12.9. The van der Waals surface area contributed by atoms with Gasteiger partial charge in [-0.15, -0.1) is 5.98 Å². The molecule has 0 fully saturated rings. The zero-order chi connectivity index (χ0) is 19.8. The molecule has 1 aromatic carbocycles. The van der Waals surface area contributed by atoms with Crippen molar-refractivity contribution in [3.05, 3.63) is 100 Å². The Kier molecular flexibility index (Phi) is 8.26. The minimum atomic E-state index is 0.496. The molecular formula is C24H31BNP. The zero-order valence-electron chi connectivity index (χ0n) is 17.3. The number of nitrogens with zero attached hydrogens (tertiary/aromatic N) is 1. The second-order valence-corrected chi connectivity index (χ2v) is 8.76. The highest BCUT2D eigenvalue weighted by atomic mass is 31.1. The lowest BCUT2D eigenvalue weighted by atomic mass is 9.48. The lowest BCUT2D eigenvalue weighted by Crippen LogP contribution is -2.11. The molecular weight excluding hydrogens is 344 g/mol. The Morgan fingerprint density at radius 3 is 2.63 bits per heavy atom. The standard InChI is InChI=1S/C24H31BNP/c1-18(2)13-20(4)24(27-17-22-10-8-12-26-16-22)15-25(6)14-23-11-7-9-19(3)21(23)5/h7-13,15-16,27H,1,14,17H2,2-6H3/b20-13-,24-15+. The number of hydrogen-bond acceptors (Lipinski definition) is 1. The molecule has 3 heteroatoms. The largest absolute Gasteiger partial charge is 0.264 e. The van der Waals surface area contributed by atoms with E-state index in [4.69, 9.17) is 0 Å². The summed E-state index contributed by atoms with van der Waals surface area (Å²) in [5.41, 5.74) is 7.98. The van der Waals surface area contributed by atoms with Gasteiger partial charge in [0.1, 0.15) is 0 Å². The van der Waals surface area contributed by atoms with E-state index in [0.717, 1.165) is 26.6 Å². The van der Waals surface area contributed by atoms with Crippen molar-refractivity contribution in [1.82, 2.24) is 4.98 Å². The van der Waals surface area contributed by atoms with E-state index in [2.05, 4.69) is 82.4 Å². The van der Waals surface area contributed by atoms with Crippen LogP contribution in [0.2, 0.25) is 6.82 Å². The molecule has 0 N–H and O–H groups in total. The van der Waals surface area contributed by atoms with Crippen LogP contribution < -0.4 is 0 Å². The van der Waals surface area contributed by atoms with Crippen LogP contribution in [0.1, 0.15) is 36.1 Å². The molecule has 0 saturated carbocycles. The van der Waals surface area contributed by atoms with E-state index in [1.54, 1.807) is 0 Å². The summed E-state index contributed by atoms with van der Waals surface area (Å²) in [4.78, 5) is 4.25. The van der Waals surface area contributed by atoms with Crippen LogP contribution in [0.4, 0.5) is 0 Å². The molecule has 2 rings (SSSR count). The molecule has 0 radical (unpaired) electrons. The van der Waals surface area contributed by atoms with E-state index in [0.29, 0.717) is 6.71 Å². The fourth-order valence-corrected chi connectivity index (χ4v) is 4.56. The molecule has 0 aliphatic rings. The number of aromatic nitrogens is 1. The molecule has 0 aliphatic heterocycles. The molecule has 27 heavy (non-hydrogen) atoms. The van der Waals surface area contributed by atoms with Crippen LogP contribution in [0, 0.1) is 13.8 Å². The first-order valence-electron chi connectivity index (χ1n) is 9.60. The summed E-state index contributed by atoms with van der Waals surface area (Å²) in [7, 11) is 0.741. The van der Waals surface area contributed by atoms with Gasteiger partial charge in [-0.05, 0) is 73.8 Å². The van der Waals surface area contributed by atoms with Gasteiger partial charge in [0.15, 0.2) is 6.71 Å². The maximum absolute atomic E-state index is 4.25. The van der Waals surface area contributed by atoms with Crippen molar-refractivity contribution in [3.63, 3.8) is 0 Å². The quantitative estimate of drug-likeness (QED) is 0.283. The summed E-state index contributed by atoms with van der Waals surface area (Å²) in [5, 5.41) is 1.44. The van der Waals surface area contributed by atoms with Crippen molar-refractivity contribution < 1.29 is 0 Å². The highest BCUT2D eigenvalue weighted by Crippen LogP contribution is 2.34. The summed E-state index contributed by atoms with van der Waals surface area (Å²) < 4.78 is 0. The molecule has 0 saturated heterocycles. The molecule has 0 bridgehead atoms. The molecule has 0 aliphatic carbocycles. The minimum absolute atomic E-state index is 0.496. The number of pyridine rings is 1. The summed E-state index contributed by atoms with van der Waals surface area (Å²) in [6, 6.07) is 10.8. The van der Waals surface area contributed by atoms with Gasteiger partial charge in [0.2, 0.25) is 0 Å². The number of hydrogen-bond donors (Lipinski definition) is 0. The van der Waals surface area contributed by atoms with Gasteiger partial charge in [0.25, 0.3) is 0 Å². The topological polar surface area (TPSA) is 12.9 Å². The van der Waals surface area contributed by atoms with Gasteiger partial charge in [0, 0.05) is 12.4 Å². The maximum atomic E-state index is 4.25. The Bertz CT molecular complexity index is 837. The van der Waals surface area contributed by atoms with Crippen LogP contribution in [0.15, 0.2) is 77.8 Å². The molecule has 0 amide bonds. The third-order valence-corrected chi connectivity index (χ3v) is 6.33. The maximum Gasteiger partial charge on any atom is 0.168 e. The molecule has 1 atom stereocenters. The van der Waals surface area contributed by atoms with Crippen LogP contribution in [-0.4, -0.2) is 11.7 Å². The highest BCUT2D eigenvalue weighted by Gasteiger charge is 2.11. The Morgan fingerprint density at radius 1 is 1.19 bits per heavy atom. The molecule has 2 aromatic rings. The van der Waals surface area contributed by atoms with E-state index in [-0.39, 0.29) is 0 Å². The first-order valence-corrected chi connectivity index (χ1v) is 10.8. The lowest BCUT2D eigenvalue weighted by Gasteiger charge is -2.14. The van der Waals surface area contributed by atoms with Gasteiger partial charge < -0.3 is 0 Å². The zero-order valence-corrected chi connectivity index (χ0v) is 18.3. The minimum Gasteiger partial charge on any atom is -0.264 e. The average Bonchev–Trinajstić information content (AvgIpc) is 2.62. The molecule has 1 heterocycles. The van der Waals surface area contributed by atoms with E-state index in [9.17, 15) is 0 Å². The average molecular weight is 375 g/mol. The second-order valence-electron chi connectivity index (χ2n) is 7.51. The van der Waals surface area contributed by atoms with Crippen molar-refractivity contribution >= 4 is 15.3 Å². The van der Waals surface area contributed by atoms with Gasteiger partial charge >= 0.3 is 0 Å². The summed E-state index contributed by atoms with van der Waals surface area (Å²) in [5.74, 6) is 2.46. The van der Waals surface area contributed by atoms with Crippen LogP contribution in [-0.2, 0) is 12.5 Å². The van der Waals surface area contributed by atoms with Crippen molar-refractivity contribution in [2.75, 3.05) is 0 Å². The third kappa shape index (κ3) is 6.96. The van der Waals surface area contributed by atoms with Crippen molar-refractivity contribution in [2.45, 2.75) is 47.0 Å². The SMILES string of the molecule is C=C(C)/C=C(C)\C(=C/B(C)Cc1cccc(C)c1C)PCc1cccnc1. The monoisotopic (exact) mass is 375 g/mol.